The molecule has 9 unspecified atom stereocenters. The van der Waals surface area contributed by atoms with Crippen LogP contribution in [0, 0.1) is 157 Å². The van der Waals surface area contributed by atoms with Crippen LogP contribution in [0.15, 0.2) is 0 Å². The number of rotatable bonds is 21. The highest BCUT2D eigenvalue weighted by atomic mass is 16.4. The lowest BCUT2D eigenvalue weighted by Gasteiger charge is -2.64. The topological polar surface area (TPSA) is 179 Å². The summed E-state index contributed by atoms with van der Waals surface area (Å²) in [6.45, 7) is 32.2. The van der Waals surface area contributed by atoms with Gasteiger partial charge in [0.2, 0.25) is 0 Å². The number of fused-ring (bicyclic) bond motifs is 15. The van der Waals surface area contributed by atoms with Crippen LogP contribution in [0.4, 0.5) is 0 Å². The highest BCUT2D eigenvalue weighted by Crippen LogP contribution is 2.73. The third-order valence-electron chi connectivity index (χ3n) is 34.6. The van der Waals surface area contributed by atoms with E-state index in [-0.39, 0.29) is 42.0 Å². The van der Waals surface area contributed by atoms with Gasteiger partial charge in [0.25, 0.3) is 0 Å². The highest BCUT2D eigenvalue weighted by Gasteiger charge is 2.69. The van der Waals surface area contributed by atoms with Crippen LogP contribution in [0.5, 0.6) is 0 Å². The number of carboxylic acids is 1. The van der Waals surface area contributed by atoms with E-state index in [0.717, 1.165) is 126 Å². The average molecular weight is 1320 g/mol. The van der Waals surface area contributed by atoms with Crippen molar-refractivity contribution in [3.05, 3.63) is 0 Å². The maximum atomic E-state index is 11.8. The molecule has 0 aromatic rings. The molecular weight excluding hydrogens is 1160 g/mol. The normalized spacial score (nSPS) is 50.0. The Morgan fingerprint density at radius 3 is 0.936 bits per heavy atom. The van der Waals surface area contributed by atoms with Crippen LogP contribution < -0.4 is 0 Å². The van der Waals surface area contributed by atoms with Crippen molar-refractivity contribution in [3.63, 3.8) is 0 Å². The zero-order valence-electron chi connectivity index (χ0n) is 62.9. The maximum absolute atomic E-state index is 11.8. The van der Waals surface area contributed by atoms with Crippen LogP contribution in [-0.4, -0.2) is 90.1 Å². The van der Waals surface area contributed by atoms with Crippen molar-refractivity contribution in [3.8, 4) is 0 Å². The molecule has 0 radical (unpaired) electrons. The second-order valence-electron chi connectivity index (χ2n) is 38.4. The summed E-state index contributed by atoms with van der Waals surface area (Å²) in [6.07, 6.45) is 41.6. The van der Waals surface area contributed by atoms with Crippen molar-refractivity contribution in [2.75, 3.05) is 6.61 Å². The van der Waals surface area contributed by atoms with E-state index in [2.05, 4.69) is 90.0 Å². The lowest BCUT2D eigenvalue weighted by atomic mass is 9.41. The second-order valence-corrected chi connectivity index (χ2v) is 38.4. The molecule has 12 fully saturated rings. The largest absolute Gasteiger partial charge is 0.481 e. The minimum absolute atomic E-state index is 0.144. The van der Waals surface area contributed by atoms with Gasteiger partial charge in [-0.05, 0) is 304 Å². The molecule has 0 aromatic heterocycles. The summed E-state index contributed by atoms with van der Waals surface area (Å²) in [7, 11) is 0. The van der Waals surface area contributed by atoms with Crippen molar-refractivity contribution < 1.29 is 45.6 Å². The zero-order valence-corrected chi connectivity index (χ0v) is 62.9. The first-order valence-corrected chi connectivity index (χ1v) is 41.6. The molecule has 9 heteroatoms. The van der Waals surface area contributed by atoms with Crippen LogP contribution in [0.2, 0.25) is 0 Å². The van der Waals surface area contributed by atoms with Crippen LogP contribution in [0.25, 0.3) is 0 Å². The summed E-state index contributed by atoms with van der Waals surface area (Å²) in [5.74, 6) is 11.7. The fourth-order valence-electron chi connectivity index (χ4n) is 29.8. The van der Waals surface area contributed by atoms with E-state index in [9.17, 15) is 35.4 Å². The quantitative estimate of drug-likeness (QED) is 0.0519. The Morgan fingerprint density at radius 1 is 0.362 bits per heavy atom. The van der Waals surface area contributed by atoms with Crippen LogP contribution in [0.1, 0.15) is 328 Å². The van der Waals surface area contributed by atoms with Gasteiger partial charge >= 0.3 is 5.97 Å². The predicted octanol–water partition coefficient (Wildman–Crippen LogP) is 18.9. The average Bonchev–Trinajstić information content (AvgIpc) is 1.28. The van der Waals surface area contributed by atoms with Gasteiger partial charge in [0, 0.05) is 13.0 Å². The lowest BCUT2D eigenvalue weighted by molar-refractivity contribution is -0.203. The smallest absolute Gasteiger partial charge is 0.303 e. The number of aliphatic carboxylic acids is 1. The number of hydrogen-bond donors (Lipinski definition) is 8. The Kier molecular flexibility index (Phi) is 25.0. The van der Waals surface area contributed by atoms with Crippen LogP contribution in [-0.2, 0) is 4.79 Å². The molecule has 0 aliphatic heterocycles. The number of aliphatic hydroxyl groups excluding tert-OH is 7. The van der Waals surface area contributed by atoms with Gasteiger partial charge in [0.15, 0.2) is 0 Å². The highest BCUT2D eigenvalue weighted by molar-refractivity contribution is 5.66. The van der Waals surface area contributed by atoms with Gasteiger partial charge in [0.05, 0.1) is 36.6 Å². The molecule has 544 valence electrons. The third-order valence-corrected chi connectivity index (χ3v) is 34.6. The van der Waals surface area contributed by atoms with E-state index in [1.54, 1.807) is 0 Å². The molecule has 0 saturated heterocycles. The maximum Gasteiger partial charge on any atom is 0.303 e. The van der Waals surface area contributed by atoms with Crippen molar-refractivity contribution in [2.45, 2.75) is 364 Å². The molecule has 12 rings (SSSR count). The number of aliphatic hydroxyl groups is 7. The number of carboxylic acid groups (broad SMARTS) is 1. The first kappa shape index (κ1) is 75.8. The monoisotopic (exact) mass is 1320 g/mol. The molecule has 0 bridgehead atoms. The number of unbranched alkanes of at least 4 members (excludes halogenated alkanes) is 6. The minimum atomic E-state index is -0.678. The molecule has 0 aromatic carbocycles. The van der Waals surface area contributed by atoms with Crippen molar-refractivity contribution in [1.29, 1.82) is 0 Å². The standard InChI is InChI=1S/C29H52O2.C28H48O4.C28H50O3/c1-6-8-9-10-11-19(3)22-12-13-23-26-24(15-17-28(22,23)4)29(5)16-14-20(30)18-25(29)21(7-2)27(26)31;1-5-19-23-16-18(29)12-14-28(23,4)22-13-15-27(3)20(10-11-21(27)25(22)26(19)32)17(2)8-6-7-9-24(30)31;1-5-20-24-17-19(30)12-14-28(24,4)23-13-15-27(3)21(18(2)9-7-6-8-16-29)10-11-22(27)25(23)26(20)31/h19-27,30-31H,6-18H2,1-5H3;17-23,25-26,29,32H,5-16H2,1-4H3,(H,30,31);18-26,29-31H,5-17H2,1-4H3/t19-,20-,21-,22-,23?,24?,25+,26?,27-,28-,29-;17-,18-,19-,20-,21?,22?,23+,25?,26-,27-,28-;18-,19-,20-,21-,22?,23?,24+,25?,26-,27-,28-/m111/s1. The number of carbonyl (C=O) groups is 1. The van der Waals surface area contributed by atoms with E-state index in [0.29, 0.717) is 141 Å². The Bertz CT molecular complexity index is 2300. The SMILES string of the molecule is CCCCCC[C@@H](C)[C@H]1CCC2C3C(CC[C@@]21C)[C@@]1(C)CC[C@@H](O)C[C@H]1[C@@H](CC)[C@H]3O.CC[C@H]1[C@@H](O)C2C3CC[C@H]([C@H](C)CCCCC(=O)O)[C@@]3(C)CCC2[C@@]2(C)CC[C@@H](O)C[C@@H]12.CC[C@H]1[C@@H](O)C2C3CC[C@H]([C@H](C)CCCCCO)[C@@]3(C)CCC2[C@@]2(C)CC[C@@H](O)C[C@@H]12. The molecule has 9 nitrogen and oxygen atoms in total. The van der Waals surface area contributed by atoms with E-state index in [1.807, 2.05) is 0 Å². The number of hydrogen-bond acceptors (Lipinski definition) is 8. The van der Waals surface area contributed by atoms with Crippen molar-refractivity contribution >= 4 is 5.97 Å². The van der Waals surface area contributed by atoms with E-state index in [1.165, 1.54) is 128 Å². The van der Waals surface area contributed by atoms with Crippen molar-refractivity contribution in [2.24, 2.45) is 157 Å². The van der Waals surface area contributed by atoms with Gasteiger partial charge in [-0.1, -0.05) is 173 Å². The molecule has 0 spiro atoms. The van der Waals surface area contributed by atoms with E-state index in [4.69, 9.17) is 10.2 Å². The van der Waals surface area contributed by atoms with Gasteiger partial charge in [0.1, 0.15) is 0 Å². The lowest BCUT2D eigenvalue weighted by Crippen LogP contribution is -2.62. The molecule has 33 atom stereocenters. The molecular formula is C85H150O9. The Labute approximate surface area is 576 Å². The first-order chi connectivity index (χ1) is 44.7. The second kappa shape index (κ2) is 31.0. The molecule has 12 aliphatic carbocycles. The van der Waals surface area contributed by atoms with E-state index < -0.39 is 5.97 Å². The summed E-state index contributed by atoms with van der Waals surface area (Å²) in [5, 5.41) is 84.8. The Morgan fingerprint density at radius 2 is 0.649 bits per heavy atom. The molecule has 0 amide bonds. The Hall–Kier alpha value is -0.810. The van der Waals surface area contributed by atoms with Gasteiger partial charge in [-0.15, -0.1) is 0 Å². The fourth-order valence-corrected chi connectivity index (χ4v) is 29.8. The van der Waals surface area contributed by atoms with Crippen LogP contribution >= 0.6 is 0 Å². The van der Waals surface area contributed by atoms with Gasteiger partial charge in [-0.25, -0.2) is 0 Å². The Balaban J connectivity index is 0.000000154. The minimum Gasteiger partial charge on any atom is -0.481 e. The molecule has 8 N–H and O–H groups in total. The van der Waals surface area contributed by atoms with Gasteiger partial charge < -0.3 is 40.9 Å². The molecule has 12 saturated carbocycles. The van der Waals surface area contributed by atoms with Crippen molar-refractivity contribution in [1.82, 2.24) is 0 Å². The van der Waals surface area contributed by atoms with Gasteiger partial charge in [-0.3, -0.25) is 4.79 Å². The van der Waals surface area contributed by atoms with Crippen LogP contribution in [0.3, 0.4) is 0 Å². The third kappa shape index (κ3) is 13.9. The summed E-state index contributed by atoms with van der Waals surface area (Å²) >= 11 is 0. The molecule has 0 heterocycles. The molecule has 94 heavy (non-hydrogen) atoms. The summed E-state index contributed by atoms with van der Waals surface area (Å²) in [5.41, 5.74) is 2.03. The first-order valence-electron chi connectivity index (χ1n) is 41.6. The zero-order chi connectivity index (χ0) is 68.0. The summed E-state index contributed by atoms with van der Waals surface area (Å²) < 4.78 is 0. The molecule has 12 aliphatic rings. The summed E-state index contributed by atoms with van der Waals surface area (Å²) in [4.78, 5) is 10.9. The predicted molar refractivity (Wildman–Crippen MR) is 383 cm³/mol. The fraction of sp³-hybridized carbons (Fsp3) is 0.988. The van der Waals surface area contributed by atoms with E-state index >= 15 is 0 Å². The van der Waals surface area contributed by atoms with Gasteiger partial charge in [-0.2, -0.15) is 0 Å². The summed E-state index contributed by atoms with van der Waals surface area (Å²) in [6, 6.07) is 0.